The summed E-state index contributed by atoms with van der Waals surface area (Å²) in [5, 5.41) is 3.40. The number of nitrogens with one attached hydrogen (secondary N) is 1. The van der Waals surface area contributed by atoms with Gasteiger partial charge in [0, 0.05) is 22.9 Å². The van der Waals surface area contributed by atoms with Gasteiger partial charge in [-0.1, -0.05) is 22.0 Å². The van der Waals surface area contributed by atoms with Crippen molar-refractivity contribution in [2.45, 2.75) is 25.8 Å². The molecule has 0 saturated heterocycles. The Morgan fingerprint density at radius 1 is 1.17 bits per heavy atom. The number of aromatic nitrogens is 2. The van der Waals surface area contributed by atoms with E-state index in [2.05, 4.69) is 49.4 Å². The van der Waals surface area contributed by atoms with Gasteiger partial charge < -0.3 is 5.32 Å². The van der Waals surface area contributed by atoms with Gasteiger partial charge >= 0.3 is 0 Å². The number of aryl methyl sites for hydroxylation is 1. The zero-order chi connectivity index (χ0) is 12.5. The summed E-state index contributed by atoms with van der Waals surface area (Å²) >= 11 is 3.51. The Hall–Kier alpha value is -1.42. The predicted octanol–water partition coefficient (Wildman–Crippen LogP) is 3.13. The molecule has 1 unspecified atom stereocenters. The summed E-state index contributed by atoms with van der Waals surface area (Å²) in [6.45, 7) is 1.99. The number of benzene rings is 1. The number of rotatable bonds is 2. The minimum absolute atomic E-state index is 0.400. The first kappa shape index (κ1) is 11.7. The summed E-state index contributed by atoms with van der Waals surface area (Å²) in [6.07, 6.45) is 5.76. The van der Waals surface area contributed by atoms with Crippen LogP contribution in [0.3, 0.4) is 0 Å². The standard InChI is InChI=1S/C14H14BrN3/c1-9-7-16-14(17-8-9)18-13-5-10-2-3-12(15)4-11(10)6-13/h2-4,7-8,13H,5-6H2,1H3,(H,16,17,18). The molecule has 2 aromatic rings. The summed E-state index contributed by atoms with van der Waals surface area (Å²) in [5.41, 5.74) is 3.91. The zero-order valence-corrected chi connectivity index (χ0v) is 11.7. The number of nitrogens with zero attached hydrogens (tertiary/aromatic N) is 2. The molecule has 3 nitrogen and oxygen atoms in total. The van der Waals surface area contributed by atoms with Crippen molar-refractivity contribution < 1.29 is 0 Å². The number of anilines is 1. The lowest BCUT2D eigenvalue weighted by molar-refractivity contribution is 0.761. The Kier molecular flexibility index (Phi) is 3.04. The van der Waals surface area contributed by atoms with E-state index in [0.717, 1.165) is 28.8 Å². The highest BCUT2D eigenvalue weighted by atomic mass is 79.9. The summed E-state index contributed by atoms with van der Waals surface area (Å²) < 4.78 is 1.15. The largest absolute Gasteiger partial charge is 0.351 e. The lowest BCUT2D eigenvalue weighted by atomic mass is 10.1. The van der Waals surface area contributed by atoms with Crippen LogP contribution in [0.4, 0.5) is 5.95 Å². The number of halogens is 1. The molecule has 0 saturated carbocycles. The van der Waals surface area contributed by atoms with Crippen LogP contribution in [0, 0.1) is 6.92 Å². The molecule has 0 radical (unpaired) electrons. The van der Waals surface area contributed by atoms with Gasteiger partial charge in [-0.15, -0.1) is 0 Å². The van der Waals surface area contributed by atoms with E-state index in [1.807, 2.05) is 19.3 Å². The van der Waals surface area contributed by atoms with Gasteiger partial charge in [0.05, 0.1) is 0 Å². The van der Waals surface area contributed by atoms with E-state index in [1.165, 1.54) is 11.1 Å². The molecule has 1 atom stereocenters. The van der Waals surface area contributed by atoms with Crippen LogP contribution in [0.15, 0.2) is 35.1 Å². The van der Waals surface area contributed by atoms with Gasteiger partial charge in [0.25, 0.3) is 0 Å². The highest BCUT2D eigenvalue weighted by Gasteiger charge is 2.21. The van der Waals surface area contributed by atoms with Gasteiger partial charge in [-0.05, 0) is 48.6 Å². The second-order valence-corrected chi connectivity index (χ2v) is 5.66. The first-order valence-corrected chi connectivity index (χ1v) is 6.82. The van der Waals surface area contributed by atoms with Gasteiger partial charge in [0.2, 0.25) is 5.95 Å². The fourth-order valence-electron chi connectivity index (χ4n) is 2.34. The van der Waals surface area contributed by atoms with Crippen molar-refractivity contribution in [1.29, 1.82) is 0 Å². The molecule has 92 valence electrons. The third-order valence-electron chi connectivity index (χ3n) is 3.22. The average molecular weight is 304 g/mol. The molecule has 0 fully saturated rings. The topological polar surface area (TPSA) is 37.8 Å². The number of fused-ring (bicyclic) bond motifs is 1. The van der Waals surface area contributed by atoms with E-state index < -0.39 is 0 Å². The number of hydrogen-bond donors (Lipinski definition) is 1. The lowest BCUT2D eigenvalue weighted by Crippen LogP contribution is -2.20. The van der Waals surface area contributed by atoms with Gasteiger partial charge in [0.15, 0.2) is 0 Å². The zero-order valence-electron chi connectivity index (χ0n) is 10.2. The Balaban J connectivity index is 1.72. The van der Waals surface area contributed by atoms with Crippen LogP contribution in [0.25, 0.3) is 0 Å². The fraction of sp³-hybridized carbons (Fsp3) is 0.286. The van der Waals surface area contributed by atoms with Crippen molar-refractivity contribution >= 4 is 21.9 Å². The first-order valence-electron chi connectivity index (χ1n) is 6.03. The number of hydrogen-bond acceptors (Lipinski definition) is 3. The molecule has 0 amide bonds. The molecule has 1 heterocycles. The van der Waals surface area contributed by atoms with Gasteiger partial charge in [0.1, 0.15) is 0 Å². The molecule has 0 spiro atoms. The van der Waals surface area contributed by atoms with Crippen LogP contribution >= 0.6 is 15.9 Å². The molecular weight excluding hydrogens is 290 g/mol. The third kappa shape index (κ3) is 2.38. The molecule has 1 N–H and O–H groups in total. The molecule has 18 heavy (non-hydrogen) atoms. The highest BCUT2D eigenvalue weighted by molar-refractivity contribution is 9.10. The molecule has 0 aliphatic heterocycles. The van der Waals surface area contributed by atoms with E-state index in [-0.39, 0.29) is 0 Å². The van der Waals surface area contributed by atoms with Crippen molar-refractivity contribution in [2.24, 2.45) is 0 Å². The van der Waals surface area contributed by atoms with Crippen LogP contribution in [0.2, 0.25) is 0 Å². The van der Waals surface area contributed by atoms with Gasteiger partial charge in [-0.25, -0.2) is 9.97 Å². The van der Waals surface area contributed by atoms with Gasteiger partial charge in [-0.3, -0.25) is 0 Å². The van der Waals surface area contributed by atoms with E-state index in [0.29, 0.717) is 6.04 Å². The molecule has 1 aliphatic rings. The summed E-state index contributed by atoms with van der Waals surface area (Å²) in [5.74, 6) is 0.720. The molecule has 3 rings (SSSR count). The van der Waals surface area contributed by atoms with E-state index in [9.17, 15) is 0 Å². The normalized spacial score (nSPS) is 17.6. The van der Waals surface area contributed by atoms with E-state index >= 15 is 0 Å². The second-order valence-electron chi connectivity index (χ2n) is 4.75. The van der Waals surface area contributed by atoms with E-state index in [4.69, 9.17) is 0 Å². The van der Waals surface area contributed by atoms with Crippen molar-refractivity contribution in [3.05, 3.63) is 51.8 Å². The molecular formula is C14H14BrN3. The van der Waals surface area contributed by atoms with Crippen LogP contribution in [0.1, 0.15) is 16.7 Å². The SMILES string of the molecule is Cc1cnc(NC2Cc3ccc(Br)cc3C2)nc1. The smallest absolute Gasteiger partial charge is 0.222 e. The first-order chi connectivity index (χ1) is 8.70. The van der Waals surface area contributed by atoms with Crippen LogP contribution in [0.5, 0.6) is 0 Å². The van der Waals surface area contributed by atoms with Crippen molar-refractivity contribution in [1.82, 2.24) is 9.97 Å². The second kappa shape index (κ2) is 4.69. The van der Waals surface area contributed by atoms with Crippen molar-refractivity contribution in [2.75, 3.05) is 5.32 Å². The maximum absolute atomic E-state index is 4.29. The predicted molar refractivity (Wildman–Crippen MR) is 75.7 cm³/mol. The van der Waals surface area contributed by atoms with Gasteiger partial charge in [-0.2, -0.15) is 0 Å². The summed E-state index contributed by atoms with van der Waals surface area (Å²) in [4.78, 5) is 8.58. The molecule has 0 bridgehead atoms. The lowest BCUT2D eigenvalue weighted by Gasteiger charge is -2.11. The quantitative estimate of drug-likeness (QED) is 0.926. The Morgan fingerprint density at radius 2 is 1.89 bits per heavy atom. The Labute approximate surface area is 115 Å². The van der Waals surface area contributed by atoms with Crippen molar-refractivity contribution in [3.63, 3.8) is 0 Å². The van der Waals surface area contributed by atoms with Crippen LogP contribution < -0.4 is 5.32 Å². The molecule has 1 aliphatic carbocycles. The molecule has 1 aromatic heterocycles. The summed E-state index contributed by atoms with van der Waals surface area (Å²) in [6, 6.07) is 6.89. The Morgan fingerprint density at radius 3 is 2.67 bits per heavy atom. The average Bonchev–Trinajstić information content (AvgIpc) is 2.73. The monoisotopic (exact) mass is 303 g/mol. The van der Waals surface area contributed by atoms with Crippen molar-refractivity contribution in [3.8, 4) is 0 Å². The maximum atomic E-state index is 4.29. The molecule has 1 aromatic carbocycles. The van der Waals surface area contributed by atoms with E-state index in [1.54, 1.807) is 0 Å². The van der Waals surface area contributed by atoms with Crippen LogP contribution in [-0.4, -0.2) is 16.0 Å². The third-order valence-corrected chi connectivity index (χ3v) is 3.71. The highest BCUT2D eigenvalue weighted by Crippen LogP contribution is 2.26. The summed E-state index contributed by atoms with van der Waals surface area (Å²) in [7, 11) is 0. The maximum Gasteiger partial charge on any atom is 0.222 e. The minimum Gasteiger partial charge on any atom is -0.351 e. The van der Waals surface area contributed by atoms with Crippen LogP contribution in [-0.2, 0) is 12.8 Å². The molecule has 4 heteroatoms. The Bertz CT molecular complexity index is 566. The fourth-order valence-corrected chi connectivity index (χ4v) is 2.75. The minimum atomic E-state index is 0.400.